The lowest BCUT2D eigenvalue weighted by atomic mass is 10.0. The molecule has 0 atom stereocenters. The number of nitrogens with zero attached hydrogens (tertiary/aromatic N) is 1. The minimum atomic E-state index is -3.52. The van der Waals surface area contributed by atoms with Crippen molar-refractivity contribution in [3.8, 4) is 6.07 Å². The Labute approximate surface area is 99.0 Å². The van der Waals surface area contributed by atoms with Gasteiger partial charge in [-0.2, -0.15) is 9.98 Å². The van der Waals surface area contributed by atoms with E-state index in [-0.39, 0.29) is 4.21 Å². The van der Waals surface area contributed by atoms with Crippen molar-refractivity contribution >= 4 is 21.4 Å². The highest BCUT2D eigenvalue weighted by Gasteiger charge is 2.38. The Kier molecular flexibility index (Phi) is 3.02. The molecule has 4 nitrogen and oxygen atoms in total. The molecule has 1 fully saturated rings. The van der Waals surface area contributed by atoms with Gasteiger partial charge < -0.3 is 0 Å². The van der Waals surface area contributed by atoms with E-state index in [4.69, 9.17) is 5.26 Å². The van der Waals surface area contributed by atoms with Gasteiger partial charge in [-0.05, 0) is 24.3 Å². The minimum Gasteiger partial charge on any atom is -0.206 e. The van der Waals surface area contributed by atoms with Crippen LogP contribution in [0.2, 0.25) is 0 Å². The number of nitriles is 1. The second-order valence-electron chi connectivity index (χ2n) is 3.94. The standard InChI is InChI=1S/C10H12N2O2S2/c11-8-10(5-1-2-6-10)12-16(13,14)9-4-3-7-15-9/h3-4,7,12H,1-2,5-6H2. The Morgan fingerprint density at radius 2 is 2.12 bits per heavy atom. The summed E-state index contributed by atoms with van der Waals surface area (Å²) in [5.41, 5.74) is -0.886. The molecule has 1 N–H and O–H groups in total. The maximum Gasteiger partial charge on any atom is 0.251 e. The van der Waals surface area contributed by atoms with Gasteiger partial charge in [-0.15, -0.1) is 11.3 Å². The summed E-state index contributed by atoms with van der Waals surface area (Å²) >= 11 is 1.16. The summed E-state index contributed by atoms with van der Waals surface area (Å²) in [4.78, 5) is 0. The van der Waals surface area contributed by atoms with Crippen molar-refractivity contribution in [2.45, 2.75) is 35.4 Å². The van der Waals surface area contributed by atoms with Crippen molar-refractivity contribution < 1.29 is 8.42 Å². The van der Waals surface area contributed by atoms with Crippen molar-refractivity contribution in [1.29, 1.82) is 5.26 Å². The van der Waals surface area contributed by atoms with Crippen molar-refractivity contribution in [3.63, 3.8) is 0 Å². The molecule has 0 amide bonds. The Morgan fingerprint density at radius 1 is 1.44 bits per heavy atom. The van der Waals surface area contributed by atoms with Crippen LogP contribution in [0.1, 0.15) is 25.7 Å². The van der Waals surface area contributed by atoms with Crippen molar-refractivity contribution in [2.24, 2.45) is 0 Å². The van der Waals surface area contributed by atoms with Gasteiger partial charge in [0, 0.05) is 0 Å². The lowest BCUT2D eigenvalue weighted by molar-refractivity contribution is 0.486. The van der Waals surface area contributed by atoms with Crippen LogP contribution < -0.4 is 4.72 Å². The van der Waals surface area contributed by atoms with Crippen LogP contribution >= 0.6 is 11.3 Å². The molecule has 6 heteroatoms. The fourth-order valence-electron chi connectivity index (χ4n) is 1.94. The second-order valence-corrected chi connectivity index (χ2v) is 6.80. The molecule has 0 bridgehead atoms. The fraction of sp³-hybridized carbons (Fsp3) is 0.500. The van der Waals surface area contributed by atoms with Gasteiger partial charge in [-0.1, -0.05) is 18.9 Å². The maximum absolute atomic E-state index is 12.0. The van der Waals surface area contributed by atoms with Crippen LogP contribution in [0.5, 0.6) is 0 Å². The summed E-state index contributed by atoms with van der Waals surface area (Å²) in [6.45, 7) is 0. The third-order valence-corrected chi connectivity index (χ3v) is 5.69. The minimum absolute atomic E-state index is 0.272. The predicted molar refractivity (Wildman–Crippen MR) is 61.5 cm³/mol. The molecule has 1 aliphatic carbocycles. The van der Waals surface area contributed by atoms with Crippen LogP contribution in [0.25, 0.3) is 0 Å². The van der Waals surface area contributed by atoms with E-state index in [0.717, 1.165) is 24.2 Å². The molecular formula is C10H12N2O2S2. The summed E-state index contributed by atoms with van der Waals surface area (Å²) in [6, 6.07) is 5.35. The lowest BCUT2D eigenvalue weighted by Crippen LogP contribution is -2.44. The average molecular weight is 256 g/mol. The molecule has 1 heterocycles. The summed E-state index contributed by atoms with van der Waals surface area (Å²) in [5, 5.41) is 10.8. The van der Waals surface area contributed by atoms with Gasteiger partial charge in [-0.25, -0.2) is 8.42 Å². The fourth-order valence-corrected chi connectivity index (χ4v) is 4.31. The molecule has 0 radical (unpaired) electrons. The zero-order chi connectivity index (χ0) is 11.6. The molecule has 0 aliphatic heterocycles. The third-order valence-electron chi connectivity index (χ3n) is 2.76. The van der Waals surface area contributed by atoms with E-state index in [1.54, 1.807) is 17.5 Å². The molecule has 0 saturated heterocycles. The van der Waals surface area contributed by atoms with E-state index in [1.807, 2.05) is 0 Å². The Balaban J connectivity index is 2.25. The van der Waals surface area contributed by atoms with Crippen LogP contribution in [0.4, 0.5) is 0 Å². The molecule has 1 saturated carbocycles. The zero-order valence-corrected chi connectivity index (χ0v) is 10.3. The van der Waals surface area contributed by atoms with Gasteiger partial charge in [-0.3, -0.25) is 0 Å². The molecule has 1 aromatic rings. The summed E-state index contributed by atoms with van der Waals surface area (Å²) in [5.74, 6) is 0. The first-order valence-corrected chi connectivity index (χ1v) is 7.43. The van der Waals surface area contributed by atoms with Crippen LogP contribution in [0, 0.1) is 11.3 Å². The number of thiophene rings is 1. The second kappa shape index (κ2) is 4.17. The third kappa shape index (κ3) is 2.12. The van der Waals surface area contributed by atoms with E-state index in [9.17, 15) is 8.42 Å². The van der Waals surface area contributed by atoms with E-state index in [1.165, 1.54) is 0 Å². The van der Waals surface area contributed by atoms with Gasteiger partial charge in [0.05, 0.1) is 6.07 Å². The Bertz CT molecular complexity index is 493. The van der Waals surface area contributed by atoms with Crippen LogP contribution in [0.15, 0.2) is 21.7 Å². The summed E-state index contributed by atoms with van der Waals surface area (Å²) in [7, 11) is -3.52. The highest BCUT2D eigenvalue weighted by Crippen LogP contribution is 2.31. The van der Waals surface area contributed by atoms with Crippen LogP contribution in [-0.2, 0) is 10.0 Å². The predicted octanol–water partition coefficient (Wildman–Crippen LogP) is 1.86. The van der Waals surface area contributed by atoms with E-state index < -0.39 is 15.6 Å². The monoisotopic (exact) mass is 256 g/mol. The quantitative estimate of drug-likeness (QED) is 0.897. The van der Waals surface area contributed by atoms with E-state index in [2.05, 4.69) is 10.8 Å². The lowest BCUT2D eigenvalue weighted by Gasteiger charge is -2.20. The van der Waals surface area contributed by atoms with E-state index >= 15 is 0 Å². The number of hydrogen-bond donors (Lipinski definition) is 1. The first-order chi connectivity index (χ1) is 7.58. The Hall–Kier alpha value is -0.900. The largest absolute Gasteiger partial charge is 0.251 e. The first kappa shape index (κ1) is 11.6. The smallest absolute Gasteiger partial charge is 0.206 e. The maximum atomic E-state index is 12.0. The summed E-state index contributed by atoms with van der Waals surface area (Å²) in [6.07, 6.45) is 3.02. The number of sulfonamides is 1. The highest BCUT2D eigenvalue weighted by molar-refractivity contribution is 7.91. The van der Waals surface area contributed by atoms with Gasteiger partial charge in [0.25, 0.3) is 10.0 Å². The van der Waals surface area contributed by atoms with Crippen molar-refractivity contribution in [3.05, 3.63) is 17.5 Å². The van der Waals surface area contributed by atoms with Crippen LogP contribution in [-0.4, -0.2) is 14.0 Å². The first-order valence-electron chi connectivity index (χ1n) is 5.07. The number of hydrogen-bond acceptors (Lipinski definition) is 4. The van der Waals surface area contributed by atoms with Gasteiger partial charge in [0.15, 0.2) is 0 Å². The summed E-state index contributed by atoms with van der Waals surface area (Å²) < 4.78 is 26.7. The number of rotatable bonds is 3. The molecular weight excluding hydrogens is 244 g/mol. The normalized spacial score (nSPS) is 19.4. The molecule has 16 heavy (non-hydrogen) atoms. The molecule has 0 aromatic carbocycles. The highest BCUT2D eigenvalue weighted by atomic mass is 32.2. The molecule has 0 unspecified atom stereocenters. The zero-order valence-electron chi connectivity index (χ0n) is 8.64. The van der Waals surface area contributed by atoms with Crippen molar-refractivity contribution in [2.75, 3.05) is 0 Å². The topological polar surface area (TPSA) is 70.0 Å². The van der Waals surface area contributed by atoms with Crippen molar-refractivity contribution in [1.82, 2.24) is 4.72 Å². The SMILES string of the molecule is N#CC1(NS(=O)(=O)c2cccs2)CCCC1. The molecule has 1 aromatic heterocycles. The van der Waals surface area contributed by atoms with E-state index in [0.29, 0.717) is 12.8 Å². The molecule has 2 rings (SSSR count). The molecule has 1 aliphatic rings. The van der Waals surface area contributed by atoms with Crippen LogP contribution in [0.3, 0.4) is 0 Å². The molecule has 86 valence electrons. The number of nitrogens with one attached hydrogen (secondary N) is 1. The van der Waals surface area contributed by atoms with Gasteiger partial charge in [0.1, 0.15) is 9.75 Å². The average Bonchev–Trinajstić information content (AvgIpc) is 2.87. The molecule has 0 spiro atoms. The van der Waals surface area contributed by atoms with Gasteiger partial charge >= 0.3 is 0 Å². The van der Waals surface area contributed by atoms with Gasteiger partial charge in [0.2, 0.25) is 0 Å². The Morgan fingerprint density at radius 3 is 2.62 bits per heavy atom.